The lowest BCUT2D eigenvalue weighted by molar-refractivity contribution is 0.462. The van der Waals surface area contributed by atoms with Crippen molar-refractivity contribution in [2.75, 3.05) is 11.9 Å². The molecule has 0 fully saturated rings. The van der Waals surface area contributed by atoms with Crippen molar-refractivity contribution in [1.82, 2.24) is 9.71 Å². The van der Waals surface area contributed by atoms with Crippen molar-refractivity contribution in [3.05, 3.63) is 53.2 Å². The van der Waals surface area contributed by atoms with E-state index in [1.54, 1.807) is 0 Å². The average Bonchev–Trinajstić information content (AvgIpc) is 2.59. The Morgan fingerprint density at radius 3 is 2.56 bits per heavy atom. The van der Waals surface area contributed by atoms with Crippen LogP contribution in [-0.4, -0.2) is 31.1 Å². The summed E-state index contributed by atoms with van der Waals surface area (Å²) < 4.78 is 26.1. The fourth-order valence-electron chi connectivity index (χ4n) is 2.48. The van der Waals surface area contributed by atoms with Crippen LogP contribution in [0.4, 0.5) is 5.82 Å². The second-order valence-corrected chi connectivity index (χ2v) is 8.69. The molecule has 0 amide bonds. The number of hydrogen-bond donors (Lipinski definition) is 4. The molecule has 6 N–H and O–H groups in total. The number of thiocarbonyl (C=S) groups is 1. The van der Waals surface area contributed by atoms with Gasteiger partial charge in [-0.15, -0.1) is 0 Å². The molecule has 0 aliphatic heterocycles. The zero-order chi connectivity index (χ0) is 20.0. The van der Waals surface area contributed by atoms with Gasteiger partial charge in [-0.3, -0.25) is 4.72 Å². The van der Waals surface area contributed by atoms with Crippen molar-refractivity contribution < 1.29 is 8.42 Å². The third kappa shape index (κ3) is 6.31. The molecule has 2 atom stereocenters. The highest BCUT2D eigenvalue weighted by atomic mass is 35.5. The van der Waals surface area contributed by atoms with Gasteiger partial charge >= 0.3 is 0 Å². The summed E-state index contributed by atoms with van der Waals surface area (Å²) in [5.41, 5.74) is 12.5. The van der Waals surface area contributed by atoms with E-state index in [9.17, 15) is 8.42 Å². The third-order valence-corrected chi connectivity index (χ3v) is 5.83. The number of nitrogens with one attached hydrogen (secondary N) is 2. The van der Waals surface area contributed by atoms with Crippen LogP contribution < -0.4 is 21.5 Å². The molecule has 0 bridgehead atoms. The summed E-state index contributed by atoms with van der Waals surface area (Å²) in [6.07, 6.45) is 1.99. The first-order chi connectivity index (χ1) is 12.7. The Kier molecular flexibility index (Phi) is 7.37. The Morgan fingerprint density at radius 2 is 2.00 bits per heavy atom. The number of sulfonamides is 1. The van der Waals surface area contributed by atoms with Crippen molar-refractivity contribution in [3.63, 3.8) is 0 Å². The van der Waals surface area contributed by atoms with E-state index in [0.29, 0.717) is 12.4 Å². The lowest BCUT2D eigenvalue weighted by Gasteiger charge is -2.22. The van der Waals surface area contributed by atoms with Crippen molar-refractivity contribution in [2.24, 2.45) is 17.4 Å². The van der Waals surface area contributed by atoms with Crippen molar-refractivity contribution in [1.29, 1.82) is 0 Å². The Balaban J connectivity index is 2.09. The fraction of sp³-hybridized carbons (Fsp3) is 0.294. The van der Waals surface area contributed by atoms with Gasteiger partial charge in [-0.05, 0) is 43.1 Å². The molecule has 1 heterocycles. The van der Waals surface area contributed by atoms with Gasteiger partial charge in [0.2, 0.25) is 0 Å². The van der Waals surface area contributed by atoms with Gasteiger partial charge in [0, 0.05) is 18.8 Å². The van der Waals surface area contributed by atoms with Crippen LogP contribution >= 0.6 is 23.8 Å². The van der Waals surface area contributed by atoms with Gasteiger partial charge in [0.25, 0.3) is 10.0 Å². The van der Waals surface area contributed by atoms with E-state index in [4.69, 9.17) is 23.1 Å². The van der Waals surface area contributed by atoms with Crippen molar-refractivity contribution >= 4 is 44.8 Å². The van der Waals surface area contributed by atoms with Crippen LogP contribution in [-0.2, 0) is 16.4 Å². The minimum Gasteiger partial charge on any atom is -0.376 e. The molecule has 2 rings (SSSR count). The van der Waals surface area contributed by atoms with Gasteiger partial charge in [-0.1, -0.05) is 41.9 Å². The van der Waals surface area contributed by atoms with Crippen LogP contribution in [0.15, 0.2) is 47.5 Å². The highest BCUT2D eigenvalue weighted by molar-refractivity contribution is 7.91. The van der Waals surface area contributed by atoms with E-state index in [1.165, 1.54) is 17.8 Å². The third-order valence-electron chi connectivity index (χ3n) is 3.98. The van der Waals surface area contributed by atoms with E-state index in [2.05, 4.69) is 34.7 Å². The van der Waals surface area contributed by atoms with Gasteiger partial charge in [0.1, 0.15) is 10.7 Å². The van der Waals surface area contributed by atoms with Gasteiger partial charge in [0.15, 0.2) is 5.11 Å². The second-order valence-electron chi connectivity index (χ2n) is 6.16. The van der Waals surface area contributed by atoms with Gasteiger partial charge in [-0.25, -0.2) is 13.4 Å². The van der Waals surface area contributed by atoms with Crippen LogP contribution in [0.3, 0.4) is 0 Å². The molecule has 146 valence electrons. The Bertz CT molecular complexity index is 891. The summed E-state index contributed by atoms with van der Waals surface area (Å²) in [5.74, 6) is 0.523. The summed E-state index contributed by atoms with van der Waals surface area (Å²) in [6, 6.07) is 11.3. The summed E-state index contributed by atoms with van der Waals surface area (Å²) in [5, 5.41) is 2.96. The minimum absolute atomic E-state index is 0.0501. The first-order valence-electron chi connectivity index (χ1n) is 8.20. The zero-order valence-corrected chi connectivity index (χ0v) is 17.1. The smallest absolute Gasteiger partial charge is 0.265 e. The molecule has 0 unspecified atom stereocenters. The fourth-order valence-corrected chi connectivity index (χ4v) is 3.95. The molecule has 2 aromatic rings. The molecular formula is C17H22ClN5O2S2. The largest absolute Gasteiger partial charge is 0.376 e. The van der Waals surface area contributed by atoms with Crippen LogP contribution in [0.5, 0.6) is 0 Å². The predicted molar refractivity (Wildman–Crippen MR) is 112 cm³/mol. The number of nitrogens with zero attached hydrogens (tertiary/aromatic N) is 1. The van der Waals surface area contributed by atoms with E-state index in [1.807, 2.05) is 29.8 Å². The molecular weight excluding hydrogens is 406 g/mol. The van der Waals surface area contributed by atoms with E-state index in [-0.39, 0.29) is 27.0 Å². The number of hydrogen-bond acceptors (Lipinski definition) is 6. The zero-order valence-electron chi connectivity index (χ0n) is 14.7. The quantitative estimate of drug-likeness (QED) is 0.474. The lowest BCUT2D eigenvalue weighted by atomic mass is 9.93. The van der Waals surface area contributed by atoms with Crippen molar-refractivity contribution in [2.45, 2.75) is 24.3 Å². The summed E-state index contributed by atoms with van der Waals surface area (Å²) in [7, 11) is -3.90. The predicted octanol–water partition coefficient (Wildman–Crippen LogP) is 1.87. The number of pyridine rings is 1. The standard InChI is InChI=1S/C17H22ClN5O2S2/c1-11(19)13(7-12-5-3-2-4-6-12)9-21-16-15(18)8-14(10-22-16)27(24,25)23-17(20)26/h2-6,8,10-11,13H,7,9,19H2,1H3,(H,21,22)(H3,20,23,26)/t11-,13+/m1/s1. The molecule has 0 aliphatic rings. The minimum atomic E-state index is -3.90. The normalized spacial score (nSPS) is 13.6. The molecule has 0 aliphatic carbocycles. The SMILES string of the molecule is C[C@@H](N)[C@H](CNc1ncc(S(=O)(=O)NC(N)=S)cc1Cl)Cc1ccccc1. The number of aromatic nitrogens is 1. The maximum absolute atomic E-state index is 12.1. The summed E-state index contributed by atoms with van der Waals surface area (Å²) in [4.78, 5) is 3.98. The molecule has 0 spiro atoms. The topological polar surface area (TPSA) is 123 Å². The Hall–Kier alpha value is -1.94. The van der Waals surface area contributed by atoms with Crippen LogP contribution in [0.2, 0.25) is 5.02 Å². The number of anilines is 1. The Morgan fingerprint density at radius 1 is 1.33 bits per heavy atom. The first kappa shape index (κ1) is 21.4. The number of halogens is 1. The maximum atomic E-state index is 12.1. The summed E-state index contributed by atoms with van der Waals surface area (Å²) >= 11 is 10.7. The molecule has 0 saturated heterocycles. The van der Waals surface area contributed by atoms with Crippen LogP contribution in [0.25, 0.3) is 0 Å². The molecule has 27 heavy (non-hydrogen) atoms. The monoisotopic (exact) mass is 427 g/mol. The number of rotatable bonds is 8. The number of benzene rings is 1. The van der Waals surface area contributed by atoms with Crippen LogP contribution in [0.1, 0.15) is 12.5 Å². The van der Waals surface area contributed by atoms with Crippen molar-refractivity contribution in [3.8, 4) is 0 Å². The number of nitrogens with two attached hydrogens (primary N) is 2. The van der Waals surface area contributed by atoms with E-state index < -0.39 is 10.0 Å². The second kappa shape index (κ2) is 9.32. The summed E-state index contributed by atoms with van der Waals surface area (Å²) in [6.45, 7) is 2.48. The average molecular weight is 428 g/mol. The van der Waals surface area contributed by atoms with Gasteiger partial charge in [-0.2, -0.15) is 0 Å². The Labute approximate surface area is 169 Å². The first-order valence-corrected chi connectivity index (χ1v) is 10.5. The molecule has 10 heteroatoms. The molecule has 0 saturated carbocycles. The highest BCUT2D eigenvalue weighted by Crippen LogP contribution is 2.23. The molecule has 1 aromatic heterocycles. The highest BCUT2D eigenvalue weighted by Gasteiger charge is 2.19. The van der Waals surface area contributed by atoms with E-state index >= 15 is 0 Å². The molecule has 1 aromatic carbocycles. The lowest BCUT2D eigenvalue weighted by Crippen LogP contribution is -2.35. The molecule has 0 radical (unpaired) electrons. The van der Waals surface area contributed by atoms with Gasteiger partial charge < -0.3 is 16.8 Å². The van der Waals surface area contributed by atoms with Gasteiger partial charge in [0.05, 0.1) is 5.02 Å². The maximum Gasteiger partial charge on any atom is 0.265 e. The molecule has 7 nitrogen and oxygen atoms in total. The van der Waals surface area contributed by atoms with Crippen LogP contribution in [0, 0.1) is 5.92 Å². The van der Waals surface area contributed by atoms with E-state index in [0.717, 1.165) is 6.42 Å².